The molecule has 0 saturated heterocycles. The van der Waals surface area contributed by atoms with Gasteiger partial charge in [0.25, 0.3) is 5.91 Å². The average molecular weight is 332 g/mol. The van der Waals surface area contributed by atoms with E-state index < -0.39 is 0 Å². The fraction of sp³-hybridized carbons (Fsp3) is 0.444. The molecule has 1 amide bonds. The summed E-state index contributed by atoms with van der Waals surface area (Å²) in [4.78, 5) is 16.7. The number of hydrogen-bond acceptors (Lipinski definition) is 4. The topological polar surface area (TPSA) is 51.2 Å². The van der Waals surface area contributed by atoms with Crippen LogP contribution in [0.1, 0.15) is 50.7 Å². The van der Waals surface area contributed by atoms with Crippen LogP contribution in [0.2, 0.25) is 0 Å². The van der Waals surface area contributed by atoms with E-state index in [-0.39, 0.29) is 11.3 Å². The summed E-state index contributed by atoms with van der Waals surface area (Å²) in [6.07, 6.45) is 0. The van der Waals surface area contributed by atoms with Crippen LogP contribution in [0.25, 0.3) is 0 Å². The molecule has 5 heteroatoms. The minimum Gasteiger partial charge on any atom is -0.493 e. The Morgan fingerprint density at radius 1 is 1.26 bits per heavy atom. The van der Waals surface area contributed by atoms with E-state index in [1.807, 2.05) is 17.5 Å². The number of thiazole rings is 1. The van der Waals surface area contributed by atoms with Crippen molar-refractivity contribution in [2.75, 3.05) is 11.9 Å². The number of benzene rings is 1. The highest BCUT2D eigenvalue weighted by Gasteiger charge is 2.18. The van der Waals surface area contributed by atoms with E-state index in [4.69, 9.17) is 4.74 Å². The summed E-state index contributed by atoms with van der Waals surface area (Å²) < 4.78 is 5.62. The van der Waals surface area contributed by atoms with E-state index in [1.165, 1.54) is 11.3 Å². The Bertz CT molecular complexity index is 654. The zero-order valence-electron chi connectivity index (χ0n) is 14.3. The molecule has 1 heterocycles. The third kappa shape index (κ3) is 5.06. The van der Waals surface area contributed by atoms with Crippen molar-refractivity contribution < 1.29 is 9.53 Å². The highest BCUT2D eigenvalue weighted by molar-refractivity contribution is 7.14. The molecule has 0 aliphatic carbocycles. The number of nitrogens with one attached hydrogen (secondary N) is 1. The Labute approximate surface area is 141 Å². The van der Waals surface area contributed by atoms with Gasteiger partial charge in [-0.15, -0.1) is 11.3 Å². The first kappa shape index (κ1) is 17.5. The van der Waals surface area contributed by atoms with Gasteiger partial charge in [-0.1, -0.05) is 34.6 Å². The van der Waals surface area contributed by atoms with Gasteiger partial charge in [0, 0.05) is 16.4 Å². The lowest BCUT2D eigenvalue weighted by Gasteiger charge is -2.14. The third-order valence-corrected chi connectivity index (χ3v) is 3.95. The fourth-order valence-electron chi connectivity index (χ4n) is 1.81. The highest BCUT2D eigenvalue weighted by Crippen LogP contribution is 2.26. The summed E-state index contributed by atoms with van der Waals surface area (Å²) in [6, 6.07) is 7.17. The van der Waals surface area contributed by atoms with E-state index >= 15 is 0 Å². The maximum atomic E-state index is 12.3. The van der Waals surface area contributed by atoms with Gasteiger partial charge in [0.1, 0.15) is 5.75 Å². The molecule has 0 unspecified atom stereocenters. The van der Waals surface area contributed by atoms with Crippen molar-refractivity contribution in [2.24, 2.45) is 5.92 Å². The highest BCUT2D eigenvalue weighted by atomic mass is 32.1. The molecule has 4 nitrogen and oxygen atoms in total. The minimum absolute atomic E-state index is 0.0190. The predicted molar refractivity (Wildman–Crippen MR) is 95.5 cm³/mol. The second-order valence-corrected chi connectivity index (χ2v) is 7.83. The minimum atomic E-state index is -0.157. The van der Waals surface area contributed by atoms with Crippen LogP contribution in [0.5, 0.6) is 5.75 Å². The molecule has 1 N–H and O–H groups in total. The van der Waals surface area contributed by atoms with E-state index in [9.17, 15) is 4.79 Å². The quantitative estimate of drug-likeness (QED) is 0.861. The number of carbonyl (C=O) groups excluding carboxylic acids is 1. The van der Waals surface area contributed by atoms with E-state index in [1.54, 1.807) is 12.1 Å². The van der Waals surface area contributed by atoms with Gasteiger partial charge >= 0.3 is 0 Å². The Kier molecular flexibility index (Phi) is 5.42. The number of carbonyl (C=O) groups is 1. The molecule has 0 bridgehead atoms. The number of hydrogen-bond donors (Lipinski definition) is 1. The van der Waals surface area contributed by atoms with Gasteiger partial charge in [-0.05, 0) is 30.2 Å². The molecule has 1 aromatic heterocycles. The molecule has 23 heavy (non-hydrogen) atoms. The zero-order valence-corrected chi connectivity index (χ0v) is 15.2. The second kappa shape index (κ2) is 7.13. The normalized spacial score (nSPS) is 11.6. The van der Waals surface area contributed by atoms with Gasteiger partial charge < -0.3 is 4.74 Å². The van der Waals surface area contributed by atoms with Crippen molar-refractivity contribution in [1.29, 1.82) is 0 Å². The van der Waals surface area contributed by atoms with E-state index in [0.717, 1.165) is 11.4 Å². The SMILES string of the molecule is CC(C)COc1ccc(C(=O)Nc2nc(C(C)(C)C)cs2)cc1. The molecule has 0 atom stereocenters. The van der Waals surface area contributed by atoms with Gasteiger partial charge in [0.15, 0.2) is 5.13 Å². The summed E-state index contributed by atoms with van der Waals surface area (Å²) in [5, 5.41) is 5.46. The van der Waals surface area contributed by atoms with Crippen LogP contribution in [-0.2, 0) is 5.41 Å². The molecular weight excluding hydrogens is 308 g/mol. The number of ether oxygens (including phenoxy) is 1. The van der Waals surface area contributed by atoms with Gasteiger partial charge in [0.05, 0.1) is 12.3 Å². The van der Waals surface area contributed by atoms with Crippen LogP contribution in [0.3, 0.4) is 0 Å². The monoisotopic (exact) mass is 332 g/mol. The van der Waals surface area contributed by atoms with Gasteiger partial charge in [-0.3, -0.25) is 10.1 Å². The van der Waals surface area contributed by atoms with Crippen molar-refractivity contribution in [3.05, 3.63) is 40.9 Å². The van der Waals surface area contributed by atoms with Crippen LogP contribution in [0.4, 0.5) is 5.13 Å². The van der Waals surface area contributed by atoms with Crippen LogP contribution in [-0.4, -0.2) is 17.5 Å². The molecule has 0 spiro atoms. The summed E-state index contributed by atoms with van der Waals surface area (Å²) >= 11 is 1.45. The third-order valence-electron chi connectivity index (χ3n) is 3.19. The molecular formula is C18H24N2O2S. The van der Waals surface area contributed by atoms with Crippen molar-refractivity contribution in [3.8, 4) is 5.75 Å². The molecule has 0 aliphatic heterocycles. The smallest absolute Gasteiger partial charge is 0.257 e. The number of amides is 1. The lowest BCUT2D eigenvalue weighted by Crippen LogP contribution is -2.14. The first-order chi connectivity index (χ1) is 10.8. The number of rotatable bonds is 5. The van der Waals surface area contributed by atoms with E-state index in [0.29, 0.717) is 23.2 Å². The fourth-order valence-corrected chi connectivity index (χ4v) is 2.74. The summed E-state index contributed by atoms with van der Waals surface area (Å²) in [5.41, 5.74) is 1.55. The molecule has 2 rings (SSSR count). The lowest BCUT2D eigenvalue weighted by atomic mass is 9.93. The maximum absolute atomic E-state index is 12.3. The summed E-state index contributed by atoms with van der Waals surface area (Å²) in [7, 11) is 0. The molecule has 1 aromatic carbocycles. The molecule has 0 fully saturated rings. The first-order valence-electron chi connectivity index (χ1n) is 7.76. The van der Waals surface area contributed by atoms with Crippen LogP contribution < -0.4 is 10.1 Å². The summed E-state index contributed by atoms with van der Waals surface area (Å²) in [5.74, 6) is 1.09. The predicted octanol–water partition coefficient (Wildman–Crippen LogP) is 4.73. The van der Waals surface area contributed by atoms with Crippen molar-refractivity contribution in [1.82, 2.24) is 4.98 Å². The Morgan fingerprint density at radius 3 is 2.43 bits per heavy atom. The summed E-state index contributed by atoms with van der Waals surface area (Å²) in [6.45, 7) is 11.2. The Balaban J connectivity index is 1.99. The number of nitrogens with zero attached hydrogens (tertiary/aromatic N) is 1. The van der Waals surface area contributed by atoms with Gasteiger partial charge in [0.2, 0.25) is 0 Å². The van der Waals surface area contributed by atoms with Crippen molar-refractivity contribution in [3.63, 3.8) is 0 Å². The lowest BCUT2D eigenvalue weighted by molar-refractivity contribution is 0.102. The van der Waals surface area contributed by atoms with Crippen LogP contribution in [0, 0.1) is 5.92 Å². The maximum Gasteiger partial charge on any atom is 0.257 e. The van der Waals surface area contributed by atoms with Gasteiger partial charge in [-0.25, -0.2) is 4.98 Å². The Morgan fingerprint density at radius 2 is 1.91 bits per heavy atom. The molecule has 2 aromatic rings. The number of aromatic nitrogens is 1. The first-order valence-corrected chi connectivity index (χ1v) is 8.64. The molecule has 0 saturated carbocycles. The van der Waals surface area contributed by atoms with E-state index in [2.05, 4.69) is 44.9 Å². The zero-order chi connectivity index (χ0) is 17.0. The molecule has 0 aliphatic rings. The van der Waals surface area contributed by atoms with Crippen molar-refractivity contribution in [2.45, 2.75) is 40.0 Å². The second-order valence-electron chi connectivity index (χ2n) is 6.97. The molecule has 0 radical (unpaired) electrons. The largest absolute Gasteiger partial charge is 0.493 e. The van der Waals surface area contributed by atoms with Gasteiger partial charge in [-0.2, -0.15) is 0 Å². The number of anilines is 1. The Hall–Kier alpha value is -1.88. The molecule has 124 valence electrons. The standard InChI is InChI=1S/C18H24N2O2S/c1-12(2)10-22-14-8-6-13(7-9-14)16(21)20-17-19-15(11-23-17)18(3,4)5/h6-9,11-12H,10H2,1-5H3,(H,19,20,21). The van der Waals surface area contributed by atoms with Crippen LogP contribution >= 0.6 is 11.3 Å². The average Bonchev–Trinajstić information content (AvgIpc) is 2.94. The van der Waals surface area contributed by atoms with Crippen molar-refractivity contribution >= 4 is 22.4 Å². The van der Waals surface area contributed by atoms with Crippen LogP contribution in [0.15, 0.2) is 29.6 Å².